The number of hydrogen-bond acceptors (Lipinski definition) is 1. The molecule has 118 valence electrons. The second-order valence-corrected chi connectivity index (χ2v) is 7.99. The summed E-state index contributed by atoms with van der Waals surface area (Å²) >= 11 is 0. The van der Waals surface area contributed by atoms with Crippen LogP contribution >= 0.6 is 0 Å². The zero-order chi connectivity index (χ0) is 14.8. The van der Waals surface area contributed by atoms with Crippen LogP contribution in [-0.4, -0.2) is 11.2 Å². The Bertz CT molecular complexity index is 300. The van der Waals surface area contributed by atoms with E-state index in [0.29, 0.717) is 17.3 Å². The van der Waals surface area contributed by atoms with E-state index in [1.54, 1.807) is 0 Å². The molecule has 0 aromatic carbocycles. The number of aliphatic hydroxyl groups is 1. The van der Waals surface area contributed by atoms with Crippen molar-refractivity contribution in [2.24, 2.45) is 29.1 Å². The molecule has 1 heteroatoms. The SMILES string of the molecule is CCCC(C)C1C(CCC)[C@@]2(C)CCCCC2C[C@@H]1O. The third-order valence-electron chi connectivity index (χ3n) is 6.73. The van der Waals surface area contributed by atoms with Crippen molar-refractivity contribution in [1.29, 1.82) is 0 Å². The lowest BCUT2D eigenvalue weighted by atomic mass is 9.49. The Hall–Kier alpha value is -0.0400. The van der Waals surface area contributed by atoms with Crippen molar-refractivity contribution in [3.05, 3.63) is 0 Å². The van der Waals surface area contributed by atoms with Gasteiger partial charge >= 0.3 is 0 Å². The summed E-state index contributed by atoms with van der Waals surface area (Å²) in [6, 6.07) is 0. The normalized spacial score (nSPS) is 43.0. The Morgan fingerprint density at radius 1 is 1.20 bits per heavy atom. The molecule has 1 N–H and O–H groups in total. The average Bonchev–Trinajstić information content (AvgIpc) is 2.40. The van der Waals surface area contributed by atoms with E-state index in [4.69, 9.17) is 0 Å². The van der Waals surface area contributed by atoms with Gasteiger partial charge in [0.1, 0.15) is 0 Å². The fourth-order valence-corrected chi connectivity index (χ4v) is 5.72. The fourth-order valence-electron chi connectivity index (χ4n) is 5.72. The van der Waals surface area contributed by atoms with Crippen LogP contribution in [0.1, 0.15) is 85.5 Å². The van der Waals surface area contributed by atoms with Crippen LogP contribution in [0.2, 0.25) is 0 Å². The van der Waals surface area contributed by atoms with Gasteiger partial charge in [0, 0.05) is 0 Å². The second-order valence-electron chi connectivity index (χ2n) is 7.99. The highest BCUT2D eigenvalue weighted by atomic mass is 16.3. The molecule has 0 radical (unpaired) electrons. The molecule has 2 aliphatic rings. The van der Waals surface area contributed by atoms with Crippen molar-refractivity contribution in [3.8, 4) is 0 Å². The third kappa shape index (κ3) is 2.93. The predicted molar refractivity (Wildman–Crippen MR) is 86.6 cm³/mol. The highest BCUT2D eigenvalue weighted by molar-refractivity contribution is 5.01. The standard InChI is InChI=1S/C19H36O/c1-5-9-14(3)18-16(10-6-2)19(4)12-8-7-11-15(19)13-17(18)20/h14-18,20H,5-13H2,1-4H3/t14?,15?,16?,17-,18?,19-/m0/s1. The molecule has 0 amide bonds. The minimum atomic E-state index is -0.0377. The smallest absolute Gasteiger partial charge is 0.0576 e. The first kappa shape index (κ1) is 16.3. The van der Waals surface area contributed by atoms with Gasteiger partial charge in [0.15, 0.2) is 0 Å². The third-order valence-corrected chi connectivity index (χ3v) is 6.73. The molecule has 1 nitrogen and oxygen atoms in total. The maximum Gasteiger partial charge on any atom is 0.0576 e. The van der Waals surface area contributed by atoms with Crippen LogP contribution < -0.4 is 0 Å². The Morgan fingerprint density at radius 3 is 2.60 bits per heavy atom. The molecule has 0 bridgehead atoms. The number of rotatable bonds is 5. The summed E-state index contributed by atoms with van der Waals surface area (Å²) < 4.78 is 0. The summed E-state index contributed by atoms with van der Waals surface area (Å²) in [5.41, 5.74) is 0.514. The van der Waals surface area contributed by atoms with Crippen molar-refractivity contribution >= 4 is 0 Å². The molecule has 0 aromatic rings. The van der Waals surface area contributed by atoms with Gasteiger partial charge in [0.05, 0.1) is 6.10 Å². The van der Waals surface area contributed by atoms with Gasteiger partial charge in [-0.3, -0.25) is 0 Å². The van der Waals surface area contributed by atoms with Crippen LogP contribution in [0.3, 0.4) is 0 Å². The molecular formula is C19H36O. The second kappa shape index (κ2) is 6.81. The summed E-state index contributed by atoms with van der Waals surface area (Å²) in [5, 5.41) is 10.8. The molecule has 20 heavy (non-hydrogen) atoms. The topological polar surface area (TPSA) is 20.2 Å². The Balaban J connectivity index is 2.25. The Kier molecular flexibility index (Phi) is 5.56. The zero-order valence-electron chi connectivity index (χ0n) is 14.2. The van der Waals surface area contributed by atoms with Crippen LogP contribution in [0.5, 0.6) is 0 Å². The minimum absolute atomic E-state index is 0.0377. The van der Waals surface area contributed by atoms with E-state index in [0.717, 1.165) is 18.3 Å². The first-order valence-electron chi connectivity index (χ1n) is 9.22. The largest absolute Gasteiger partial charge is 0.393 e. The van der Waals surface area contributed by atoms with Crippen molar-refractivity contribution in [2.75, 3.05) is 0 Å². The summed E-state index contributed by atoms with van der Waals surface area (Å²) in [7, 11) is 0. The molecule has 0 spiro atoms. The molecule has 0 aromatic heterocycles. The van der Waals surface area contributed by atoms with Gasteiger partial charge in [-0.2, -0.15) is 0 Å². The van der Waals surface area contributed by atoms with Gasteiger partial charge in [0.2, 0.25) is 0 Å². The first-order chi connectivity index (χ1) is 9.54. The highest BCUT2D eigenvalue weighted by Crippen LogP contribution is 2.58. The average molecular weight is 280 g/mol. The lowest BCUT2D eigenvalue weighted by molar-refractivity contribution is -0.121. The van der Waals surface area contributed by atoms with Gasteiger partial charge in [-0.25, -0.2) is 0 Å². The van der Waals surface area contributed by atoms with Crippen LogP contribution in [0.15, 0.2) is 0 Å². The molecule has 6 atom stereocenters. The quantitative estimate of drug-likeness (QED) is 0.713. The van der Waals surface area contributed by atoms with Gasteiger partial charge in [-0.05, 0) is 54.8 Å². The summed E-state index contributed by atoms with van der Waals surface area (Å²) in [4.78, 5) is 0. The lowest BCUT2D eigenvalue weighted by Gasteiger charge is -2.57. The van der Waals surface area contributed by atoms with Crippen LogP contribution in [0.4, 0.5) is 0 Å². The molecule has 0 heterocycles. The van der Waals surface area contributed by atoms with Crippen LogP contribution in [0, 0.1) is 29.1 Å². The summed E-state index contributed by atoms with van der Waals surface area (Å²) in [6.45, 7) is 9.57. The molecule has 2 saturated carbocycles. The first-order valence-corrected chi connectivity index (χ1v) is 9.22. The van der Waals surface area contributed by atoms with Crippen molar-refractivity contribution < 1.29 is 5.11 Å². The number of hydrogen-bond donors (Lipinski definition) is 1. The van der Waals surface area contributed by atoms with Crippen molar-refractivity contribution in [2.45, 2.75) is 91.6 Å². The van der Waals surface area contributed by atoms with Gasteiger partial charge in [0.25, 0.3) is 0 Å². The molecule has 2 aliphatic carbocycles. The van der Waals surface area contributed by atoms with Gasteiger partial charge in [-0.15, -0.1) is 0 Å². The van der Waals surface area contributed by atoms with E-state index in [9.17, 15) is 5.11 Å². The maximum atomic E-state index is 10.8. The van der Waals surface area contributed by atoms with E-state index in [2.05, 4.69) is 27.7 Å². The van der Waals surface area contributed by atoms with Gasteiger partial charge < -0.3 is 5.11 Å². The summed E-state index contributed by atoms with van der Waals surface area (Å²) in [6.07, 6.45) is 11.7. The minimum Gasteiger partial charge on any atom is -0.393 e. The van der Waals surface area contributed by atoms with Crippen LogP contribution in [-0.2, 0) is 0 Å². The molecule has 0 saturated heterocycles. The fraction of sp³-hybridized carbons (Fsp3) is 1.00. The van der Waals surface area contributed by atoms with E-state index in [1.807, 2.05) is 0 Å². The van der Waals surface area contributed by atoms with E-state index in [-0.39, 0.29) is 6.10 Å². The highest BCUT2D eigenvalue weighted by Gasteiger charge is 2.52. The molecule has 2 fully saturated rings. The Morgan fingerprint density at radius 2 is 1.95 bits per heavy atom. The molecule has 4 unspecified atom stereocenters. The van der Waals surface area contributed by atoms with Crippen LogP contribution in [0.25, 0.3) is 0 Å². The molecular weight excluding hydrogens is 244 g/mol. The zero-order valence-corrected chi connectivity index (χ0v) is 14.2. The van der Waals surface area contributed by atoms with E-state index < -0.39 is 0 Å². The number of fused-ring (bicyclic) bond motifs is 1. The monoisotopic (exact) mass is 280 g/mol. The van der Waals surface area contributed by atoms with Gasteiger partial charge in [-0.1, -0.05) is 59.8 Å². The van der Waals surface area contributed by atoms with Crippen molar-refractivity contribution in [3.63, 3.8) is 0 Å². The van der Waals surface area contributed by atoms with Crippen molar-refractivity contribution in [1.82, 2.24) is 0 Å². The predicted octanol–water partition coefficient (Wildman–Crippen LogP) is 5.42. The lowest BCUT2D eigenvalue weighted by Crippen LogP contribution is -2.52. The molecule has 2 rings (SSSR count). The number of aliphatic hydroxyl groups excluding tert-OH is 1. The van der Waals surface area contributed by atoms with E-state index >= 15 is 0 Å². The van der Waals surface area contributed by atoms with E-state index in [1.165, 1.54) is 51.4 Å². The molecule has 0 aliphatic heterocycles. The summed E-state index contributed by atoms with van der Waals surface area (Å²) in [5.74, 6) is 2.77. The maximum absolute atomic E-state index is 10.8. The Labute approximate surface area is 126 Å².